The Morgan fingerprint density at radius 2 is 2.00 bits per heavy atom. The van der Waals surface area contributed by atoms with Crippen LogP contribution in [0.1, 0.15) is 47.5 Å². The molecule has 9 nitrogen and oxygen atoms in total. The van der Waals surface area contributed by atoms with Crippen molar-refractivity contribution in [1.29, 1.82) is 0 Å². The summed E-state index contributed by atoms with van der Waals surface area (Å²) < 4.78 is 12.6. The third kappa shape index (κ3) is 4.79. The summed E-state index contributed by atoms with van der Waals surface area (Å²) in [5, 5.41) is 12.4. The Balaban J connectivity index is 1.47. The number of amides is 1. The highest BCUT2D eigenvalue weighted by Crippen LogP contribution is 2.39. The molecule has 1 amide bonds. The normalized spacial score (nSPS) is 17.0. The van der Waals surface area contributed by atoms with Crippen molar-refractivity contribution < 1.29 is 19.1 Å². The van der Waals surface area contributed by atoms with E-state index >= 15 is 0 Å². The van der Waals surface area contributed by atoms with Crippen LogP contribution in [-0.2, 0) is 34.2 Å². The summed E-state index contributed by atoms with van der Waals surface area (Å²) in [6.07, 6.45) is 3.94. The second-order valence-electron chi connectivity index (χ2n) is 7.83. The van der Waals surface area contributed by atoms with Crippen molar-refractivity contribution in [1.82, 2.24) is 14.8 Å². The van der Waals surface area contributed by atoms with Gasteiger partial charge in [-0.25, -0.2) is 4.79 Å². The maximum Gasteiger partial charge on any atom is 0.341 e. The first kappa shape index (κ1) is 23.1. The number of carbonyl (C=O) groups is 2. The Morgan fingerprint density at radius 1 is 1.25 bits per heavy atom. The zero-order valence-electron chi connectivity index (χ0n) is 18.7. The molecule has 0 bridgehead atoms. The molecule has 4 rings (SSSR count). The van der Waals surface area contributed by atoms with Crippen molar-refractivity contribution in [2.24, 2.45) is 7.05 Å². The van der Waals surface area contributed by atoms with Crippen LogP contribution < -0.4 is 10.2 Å². The van der Waals surface area contributed by atoms with Crippen molar-refractivity contribution in [3.05, 3.63) is 16.0 Å². The molecule has 1 atom stereocenters. The van der Waals surface area contributed by atoms with Crippen LogP contribution in [0, 0.1) is 0 Å². The fraction of sp³-hybridized carbons (Fsp3) is 0.619. The molecule has 1 N–H and O–H groups in total. The first-order chi connectivity index (χ1) is 15.5. The van der Waals surface area contributed by atoms with Gasteiger partial charge in [0.15, 0.2) is 5.16 Å². The molecular formula is C21H29N5O4S2. The third-order valence-electron chi connectivity index (χ3n) is 5.64. The van der Waals surface area contributed by atoms with Crippen LogP contribution in [0.25, 0.3) is 0 Å². The lowest BCUT2D eigenvalue weighted by Gasteiger charge is -2.27. The van der Waals surface area contributed by atoms with Gasteiger partial charge in [-0.05, 0) is 45.1 Å². The van der Waals surface area contributed by atoms with Gasteiger partial charge in [-0.3, -0.25) is 9.36 Å². The molecule has 32 heavy (non-hydrogen) atoms. The summed E-state index contributed by atoms with van der Waals surface area (Å²) in [7, 11) is 1.91. The number of thioether (sulfide) groups is 1. The summed E-state index contributed by atoms with van der Waals surface area (Å²) >= 11 is 2.85. The van der Waals surface area contributed by atoms with Crippen molar-refractivity contribution in [2.45, 2.75) is 49.9 Å². The van der Waals surface area contributed by atoms with E-state index in [2.05, 4.69) is 20.4 Å². The molecule has 1 aliphatic carbocycles. The summed E-state index contributed by atoms with van der Waals surface area (Å²) in [6.45, 7) is 6.81. The number of rotatable bonds is 7. The van der Waals surface area contributed by atoms with Crippen LogP contribution in [-0.4, -0.2) is 64.8 Å². The molecule has 0 spiro atoms. The van der Waals surface area contributed by atoms with E-state index in [1.54, 1.807) is 6.92 Å². The number of thiophene rings is 1. The predicted octanol–water partition coefficient (Wildman–Crippen LogP) is 2.89. The van der Waals surface area contributed by atoms with Crippen LogP contribution in [0.2, 0.25) is 0 Å². The molecule has 11 heteroatoms. The molecule has 0 radical (unpaired) electrons. The van der Waals surface area contributed by atoms with Crippen LogP contribution in [0.4, 0.5) is 10.9 Å². The van der Waals surface area contributed by atoms with Gasteiger partial charge >= 0.3 is 5.97 Å². The number of carbonyl (C=O) groups excluding carboxylic acids is 2. The zero-order chi connectivity index (χ0) is 22.7. The molecule has 1 fully saturated rings. The van der Waals surface area contributed by atoms with E-state index in [9.17, 15) is 9.59 Å². The maximum atomic E-state index is 13.0. The van der Waals surface area contributed by atoms with E-state index in [-0.39, 0.29) is 11.9 Å². The van der Waals surface area contributed by atoms with E-state index in [4.69, 9.17) is 9.47 Å². The van der Waals surface area contributed by atoms with E-state index in [1.165, 1.54) is 28.0 Å². The fourth-order valence-electron chi connectivity index (χ4n) is 3.95. The number of aromatic nitrogens is 3. The van der Waals surface area contributed by atoms with Gasteiger partial charge in [0.25, 0.3) is 0 Å². The third-order valence-corrected chi connectivity index (χ3v) is 7.99. The fourth-order valence-corrected chi connectivity index (χ4v) is 6.04. The zero-order valence-corrected chi connectivity index (χ0v) is 20.3. The molecule has 0 aromatic carbocycles. The number of aryl methyl sites for hydroxylation is 1. The number of hydrogen-bond acceptors (Lipinski definition) is 9. The SMILES string of the molecule is CCOC(=O)c1c(NC(=O)C(C)Sc2nnc(N3CCOCC3)n2C)sc2c1CCCC2. The van der Waals surface area contributed by atoms with E-state index in [0.29, 0.717) is 35.5 Å². The van der Waals surface area contributed by atoms with Crippen molar-refractivity contribution in [3.8, 4) is 0 Å². The quantitative estimate of drug-likeness (QED) is 0.478. The smallest absolute Gasteiger partial charge is 0.341 e. The molecule has 2 aromatic rings. The number of morpholine rings is 1. The Kier molecular flexibility index (Phi) is 7.37. The molecule has 1 saturated heterocycles. The Hall–Kier alpha value is -2.11. The Bertz CT molecular complexity index is 983. The minimum atomic E-state index is -0.412. The molecular weight excluding hydrogens is 450 g/mol. The van der Waals surface area contributed by atoms with Crippen molar-refractivity contribution in [2.75, 3.05) is 43.1 Å². The Labute approximate surface area is 195 Å². The van der Waals surface area contributed by atoms with Crippen molar-refractivity contribution >= 4 is 45.9 Å². The van der Waals surface area contributed by atoms with Gasteiger partial charge in [0.05, 0.1) is 30.6 Å². The lowest BCUT2D eigenvalue weighted by atomic mass is 9.95. The minimum Gasteiger partial charge on any atom is -0.462 e. The summed E-state index contributed by atoms with van der Waals surface area (Å²) in [4.78, 5) is 29.0. The van der Waals surface area contributed by atoms with Gasteiger partial charge in [0.2, 0.25) is 11.9 Å². The van der Waals surface area contributed by atoms with Gasteiger partial charge < -0.3 is 19.7 Å². The highest BCUT2D eigenvalue weighted by atomic mass is 32.2. The Morgan fingerprint density at radius 3 is 2.75 bits per heavy atom. The van der Waals surface area contributed by atoms with Gasteiger partial charge in [-0.15, -0.1) is 21.5 Å². The van der Waals surface area contributed by atoms with E-state index in [0.717, 1.165) is 50.3 Å². The second kappa shape index (κ2) is 10.2. The molecule has 3 heterocycles. The number of fused-ring (bicyclic) bond motifs is 1. The molecule has 2 aromatic heterocycles. The molecule has 2 aliphatic rings. The van der Waals surface area contributed by atoms with E-state index < -0.39 is 5.25 Å². The maximum absolute atomic E-state index is 13.0. The summed E-state index contributed by atoms with van der Waals surface area (Å²) in [5.74, 6) is 0.250. The number of nitrogens with one attached hydrogen (secondary N) is 1. The van der Waals surface area contributed by atoms with Gasteiger partial charge in [0, 0.05) is 25.0 Å². The predicted molar refractivity (Wildman–Crippen MR) is 125 cm³/mol. The molecule has 0 saturated carbocycles. The summed E-state index contributed by atoms with van der Waals surface area (Å²) in [5.41, 5.74) is 1.57. The van der Waals surface area contributed by atoms with E-state index in [1.807, 2.05) is 18.5 Å². The molecule has 1 aliphatic heterocycles. The van der Waals surface area contributed by atoms with Gasteiger partial charge in [-0.1, -0.05) is 11.8 Å². The number of ether oxygens (including phenoxy) is 2. The lowest BCUT2D eigenvalue weighted by Crippen LogP contribution is -2.37. The average molecular weight is 480 g/mol. The number of anilines is 2. The number of hydrogen-bond donors (Lipinski definition) is 1. The van der Waals surface area contributed by atoms with Crippen LogP contribution >= 0.6 is 23.1 Å². The highest BCUT2D eigenvalue weighted by molar-refractivity contribution is 8.00. The largest absolute Gasteiger partial charge is 0.462 e. The van der Waals surface area contributed by atoms with Gasteiger partial charge in [-0.2, -0.15) is 0 Å². The molecule has 1 unspecified atom stereocenters. The van der Waals surface area contributed by atoms with Crippen LogP contribution in [0.5, 0.6) is 0 Å². The van der Waals surface area contributed by atoms with Crippen molar-refractivity contribution in [3.63, 3.8) is 0 Å². The highest BCUT2D eigenvalue weighted by Gasteiger charge is 2.29. The molecule has 174 valence electrons. The first-order valence-electron chi connectivity index (χ1n) is 11.0. The first-order valence-corrected chi connectivity index (χ1v) is 12.7. The standard InChI is InChI=1S/C21H29N5O4S2/c1-4-30-19(28)16-14-7-5-6-8-15(14)32-18(16)22-17(27)13(2)31-21-24-23-20(25(21)3)26-9-11-29-12-10-26/h13H,4-12H2,1-3H3,(H,22,27). The summed E-state index contributed by atoms with van der Waals surface area (Å²) in [6, 6.07) is 0. The topological polar surface area (TPSA) is 98.6 Å². The van der Waals surface area contributed by atoms with Gasteiger partial charge in [0.1, 0.15) is 5.00 Å². The number of nitrogens with zero attached hydrogens (tertiary/aromatic N) is 4. The van der Waals surface area contributed by atoms with Crippen LogP contribution in [0.3, 0.4) is 0 Å². The monoisotopic (exact) mass is 479 g/mol. The average Bonchev–Trinajstić information content (AvgIpc) is 3.34. The lowest BCUT2D eigenvalue weighted by molar-refractivity contribution is -0.115. The van der Waals surface area contributed by atoms with Crippen LogP contribution in [0.15, 0.2) is 5.16 Å². The second-order valence-corrected chi connectivity index (χ2v) is 10.2. The minimum absolute atomic E-state index is 0.171. The number of esters is 1.